The fourth-order valence-electron chi connectivity index (χ4n) is 2.73. The van der Waals surface area contributed by atoms with Gasteiger partial charge in [-0.05, 0) is 28.8 Å². The molecule has 0 spiro atoms. The molecular formula is C16H19BrN2O4. The van der Waals surface area contributed by atoms with Crippen LogP contribution in [0.3, 0.4) is 0 Å². The first-order valence-electron chi connectivity index (χ1n) is 7.80. The molecule has 0 bridgehead atoms. The maximum Gasteiger partial charge on any atom is 0.244 e. The number of likely N-dealkylation sites (tertiary alicyclic amines) is 1. The number of anilines is 1. The Labute approximate surface area is 143 Å². The number of ether oxygens (including phenoxy) is 2. The van der Waals surface area contributed by atoms with Crippen molar-refractivity contribution in [1.29, 1.82) is 0 Å². The van der Waals surface area contributed by atoms with Gasteiger partial charge in [-0.1, -0.05) is 6.42 Å². The first kappa shape index (κ1) is 16.1. The van der Waals surface area contributed by atoms with E-state index in [0.29, 0.717) is 43.4 Å². The molecule has 6 nitrogen and oxygen atoms in total. The topological polar surface area (TPSA) is 67.9 Å². The Bertz CT molecular complexity index is 620. The Morgan fingerprint density at radius 2 is 1.91 bits per heavy atom. The van der Waals surface area contributed by atoms with Crippen LogP contribution in [0, 0.1) is 0 Å². The van der Waals surface area contributed by atoms with Gasteiger partial charge in [-0.3, -0.25) is 9.59 Å². The number of amides is 2. The molecule has 2 heterocycles. The van der Waals surface area contributed by atoms with Crippen molar-refractivity contribution in [3.8, 4) is 11.5 Å². The molecule has 0 radical (unpaired) electrons. The first-order valence-corrected chi connectivity index (χ1v) is 8.59. The van der Waals surface area contributed by atoms with Gasteiger partial charge < -0.3 is 19.7 Å². The monoisotopic (exact) mass is 382 g/mol. The van der Waals surface area contributed by atoms with Crippen molar-refractivity contribution < 1.29 is 19.1 Å². The van der Waals surface area contributed by atoms with E-state index in [4.69, 9.17) is 9.47 Å². The molecule has 1 saturated heterocycles. The van der Waals surface area contributed by atoms with Gasteiger partial charge in [-0.15, -0.1) is 0 Å². The molecule has 1 aromatic rings. The molecule has 1 aromatic carbocycles. The van der Waals surface area contributed by atoms with E-state index in [0.717, 1.165) is 23.7 Å². The Hall–Kier alpha value is -1.76. The number of carbonyl (C=O) groups excluding carboxylic acids is 2. The van der Waals surface area contributed by atoms with E-state index in [1.807, 2.05) is 0 Å². The molecule has 2 aliphatic rings. The zero-order chi connectivity index (χ0) is 16.2. The number of halogens is 1. The van der Waals surface area contributed by atoms with Crippen LogP contribution in [-0.2, 0) is 9.59 Å². The molecule has 23 heavy (non-hydrogen) atoms. The average Bonchev–Trinajstić information content (AvgIpc) is 2.73. The van der Waals surface area contributed by atoms with Gasteiger partial charge in [0.25, 0.3) is 0 Å². The number of hydrogen-bond donors (Lipinski definition) is 1. The summed E-state index contributed by atoms with van der Waals surface area (Å²) >= 11 is 3.42. The van der Waals surface area contributed by atoms with Crippen LogP contribution in [0.2, 0.25) is 0 Å². The number of rotatable bonds is 3. The maximum absolute atomic E-state index is 12.3. The molecule has 0 atom stereocenters. The minimum atomic E-state index is -0.211. The van der Waals surface area contributed by atoms with E-state index in [2.05, 4.69) is 21.2 Å². The lowest BCUT2D eigenvalue weighted by Crippen LogP contribution is -2.37. The summed E-state index contributed by atoms with van der Waals surface area (Å²) < 4.78 is 11.7. The molecule has 0 saturated carbocycles. The summed E-state index contributed by atoms with van der Waals surface area (Å²) in [5, 5.41) is 2.83. The molecule has 2 amide bonds. The minimum Gasteiger partial charge on any atom is -0.486 e. The largest absolute Gasteiger partial charge is 0.486 e. The molecule has 0 unspecified atom stereocenters. The highest BCUT2D eigenvalue weighted by atomic mass is 79.9. The molecule has 0 aliphatic carbocycles. The summed E-state index contributed by atoms with van der Waals surface area (Å²) in [6, 6.07) is 3.52. The van der Waals surface area contributed by atoms with Crippen LogP contribution in [0.1, 0.15) is 25.7 Å². The summed E-state index contributed by atoms with van der Waals surface area (Å²) in [4.78, 5) is 25.9. The second-order valence-electron chi connectivity index (χ2n) is 5.65. The standard InChI is InChI=1S/C16H19BrN2O4/c17-11-8-13-14(23-7-6-22-13)9-12(11)18-15(20)10-19-5-3-1-2-4-16(19)21/h8-9H,1-7,10H2,(H,18,20). The Balaban J connectivity index is 1.66. The highest BCUT2D eigenvalue weighted by Gasteiger charge is 2.21. The van der Waals surface area contributed by atoms with Crippen LogP contribution < -0.4 is 14.8 Å². The smallest absolute Gasteiger partial charge is 0.244 e. The van der Waals surface area contributed by atoms with Crippen molar-refractivity contribution in [2.45, 2.75) is 25.7 Å². The zero-order valence-corrected chi connectivity index (χ0v) is 14.4. The van der Waals surface area contributed by atoms with Crippen LogP contribution in [0.25, 0.3) is 0 Å². The first-order chi connectivity index (χ1) is 11.1. The van der Waals surface area contributed by atoms with Gasteiger partial charge in [0.05, 0.1) is 12.2 Å². The number of hydrogen-bond acceptors (Lipinski definition) is 4. The van der Waals surface area contributed by atoms with Gasteiger partial charge in [-0.2, -0.15) is 0 Å². The van der Waals surface area contributed by atoms with Crippen molar-refractivity contribution in [3.63, 3.8) is 0 Å². The van der Waals surface area contributed by atoms with Gasteiger partial charge in [0.2, 0.25) is 11.8 Å². The second kappa shape index (κ2) is 7.21. The van der Waals surface area contributed by atoms with E-state index in [9.17, 15) is 9.59 Å². The fourth-order valence-corrected chi connectivity index (χ4v) is 3.15. The van der Waals surface area contributed by atoms with Gasteiger partial charge in [0.15, 0.2) is 11.5 Å². The van der Waals surface area contributed by atoms with E-state index in [-0.39, 0.29) is 18.4 Å². The van der Waals surface area contributed by atoms with E-state index in [1.165, 1.54) is 0 Å². The fraction of sp³-hybridized carbons (Fsp3) is 0.500. The van der Waals surface area contributed by atoms with Crippen molar-refractivity contribution >= 4 is 33.4 Å². The second-order valence-corrected chi connectivity index (χ2v) is 6.50. The summed E-state index contributed by atoms with van der Waals surface area (Å²) in [7, 11) is 0. The number of benzene rings is 1. The highest BCUT2D eigenvalue weighted by Crippen LogP contribution is 2.38. The van der Waals surface area contributed by atoms with Crippen molar-refractivity contribution in [1.82, 2.24) is 4.90 Å². The SMILES string of the molecule is O=C(CN1CCCCCC1=O)Nc1cc2c(cc1Br)OCCO2. The third-order valence-corrected chi connectivity index (χ3v) is 4.57. The Kier molecular flexibility index (Phi) is 5.05. The number of nitrogens with zero attached hydrogens (tertiary/aromatic N) is 1. The predicted octanol–water partition coefficient (Wildman–Crippen LogP) is 2.56. The van der Waals surface area contributed by atoms with Gasteiger partial charge >= 0.3 is 0 Å². The Morgan fingerprint density at radius 1 is 1.17 bits per heavy atom. The summed E-state index contributed by atoms with van der Waals surface area (Å²) in [5.74, 6) is 1.11. The average molecular weight is 383 g/mol. The quantitative estimate of drug-likeness (QED) is 0.871. The summed E-state index contributed by atoms with van der Waals surface area (Å²) in [6.45, 7) is 1.74. The van der Waals surface area contributed by atoms with Crippen molar-refractivity contribution in [2.75, 3.05) is 31.6 Å². The lowest BCUT2D eigenvalue weighted by molar-refractivity contribution is -0.134. The van der Waals surface area contributed by atoms with Gasteiger partial charge in [-0.25, -0.2) is 0 Å². The highest BCUT2D eigenvalue weighted by molar-refractivity contribution is 9.10. The molecule has 0 aromatic heterocycles. The molecule has 1 N–H and O–H groups in total. The lowest BCUT2D eigenvalue weighted by Gasteiger charge is -2.22. The van der Waals surface area contributed by atoms with E-state index < -0.39 is 0 Å². The van der Waals surface area contributed by atoms with Gasteiger partial charge in [0.1, 0.15) is 13.2 Å². The molecule has 1 fully saturated rings. The van der Waals surface area contributed by atoms with Crippen molar-refractivity contribution in [2.24, 2.45) is 0 Å². The molecule has 7 heteroatoms. The third-order valence-electron chi connectivity index (χ3n) is 3.91. The number of carbonyl (C=O) groups is 2. The predicted molar refractivity (Wildman–Crippen MR) is 88.8 cm³/mol. The number of fused-ring (bicyclic) bond motifs is 1. The summed E-state index contributed by atoms with van der Waals surface area (Å²) in [6.07, 6.45) is 3.43. The lowest BCUT2D eigenvalue weighted by atomic mass is 10.2. The molecule has 3 rings (SSSR count). The van der Waals surface area contributed by atoms with Crippen LogP contribution in [0.4, 0.5) is 5.69 Å². The van der Waals surface area contributed by atoms with Crippen molar-refractivity contribution in [3.05, 3.63) is 16.6 Å². The maximum atomic E-state index is 12.3. The van der Waals surface area contributed by atoms with E-state index >= 15 is 0 Å². The minimum absolute atomic E-state index is 0.0545. The normalized spacial score (nSPS) is 17.6. The third kappa shape index (κ3) is 3.96. The van der Waals surface area contributed by atoms with Crippen LogP contribution in [0.5, 0.6) is 11.5 Å². The zero-order valence-electron chi connectivity index (χ0n) is 12.8. The van der Waals surface area contributed by atoms with Gasteiger partial charge in [0, 0.05) is 29.6 Å². The molecule has 124 valence electrons. The number of nitrogens with one attached hydrogen (secondary N) is 1. The molecular weight excluding hydrogens is 364 g/mol. The summed E-state index contributed by atoms with van der Waals surface area (Å²) in [5.41, 5.74) is 0.613. The van der Waals surface area contributed by atoms with Crippen LogP contribution in [-0.4, -0.2) is 43.0 Å². The van der Waals surface area contributed by atoms with Crippen LogP contribution in [0.15, 0.2) is 16.6 Å². The van der Waals surface area contributed by atoms with E-state index in [1.54, 1.807) is 17.0 Å². The van der Waals surface area contributed by atoms with Crippen LogP contribution >= 0.6 is 15.9 Å². The molecule has 2 aliphatic heterocycles. The Morgan fingerprint density at radius 3 is 2.70 bits per heavy atom.